The van der Waals surface area contributed by atoms with Gasteiger partial charge in [-0.05, 0) is 36.8 Å². The molecule has 164 valence electrons. The average Bonchev–Trinajstić information content (AvgIpc) is 3.06. The Balaban J connectivity index is 1.72. The van der Waals surface area contributed by atoms with Gasteiger partial charge in [-0.2, -0.15) is 0 Å². The Bertz CT molecular complexity index is 1390. The van der Waals surface area contributed by atoms with Gasteiger partial charge in [0.2, 0.25) is 5.72 Å². The van der Waals surface area contributed by atoms with Crippen molar-refractivity contribution in [3.05, 3.63) is 79.3 Å². The van der Waals surface area contributed by atoms with E-state index in [2.05, 4.69) is 0 Å². The van der Waals surface area contributed by atoms with Crippen LogP contribution in [0.2, 0.25) is 0 Å². The molecule has 8 heteroatoms. The molecule has 0 saturated carbocycles. The van der Waals surface area contributed by atoms with E-state index in [0.29, 0.717) is 15.1 Å². The standard InChI is InChI=1S/C24H23N3O4S/c1-24-19(22(29)30-4)20(16-7-5-6-8-17(16)31-24)27-21(28)18(32-23(27)25-24)13-14-9-11-15(12-10-14)26(2)3/h5-13,19-20H,1-4H3/b18-13+/t19?,20?,24-/m0/s1. The molecule has 1 aromatic heterocycles. The lowest BCUT2D eigenvalue weighted by atomic mass is 9.81. The smallest absolute Gasteiger partial charge is 0.317 e. The molecular weight excluding hydrogens is 426 g/mol. The predicted molar refractivity (Wildman–Crippen MR) is 123 cm³/mol. The lowest BCUT2D eigenvalue weighted by Crippen LogP contribution is -2.58. The predicted octanol–water partition coefficient (Wildman–Crippen LogP) is 1.92. The number of aromatic nitrogens is 1. The van der Waals surface area contributed by atoms with E-state index in [1.165, 1.54) is 18.4 Å². The summed E-state index contributed by atoms with van der Waals surface area (Å²) in [5.41, 5.74) is 1.44. The molecule has 3 aromatic rings. The van der Waals surface area contributed by atoms with Crippen molar-refractivity contribution in [1.82, 2.24) is 4.57 Å². The highest BCUT2D eigenvalue weighted by atomic mass is 32.1. The Kier molecular flexibility index (Phi) is 4.70. The fraction of sp³-hybridized carbons (Fsp3) is 0.292. The summed E-state index contributed by atoms with van der Waals surface area (Å²) in [5, 5.41) is 0. The number of esters is 1. The van der Waals surface area contributed by atoms with Gasteiger partial charge in [0.25, 0.3) is 5.56 Å². The number of fused-ring (bicyclic) bond motifs is 6. The van der Waals surface area contributed by atoms with Crippen LogP contribution in [0.3, 0.4) is 0 Å². The van der Waals surface area contributed by atoms with E-state index in [4.69, 9.17) is 14.5 Å². The van der Waals surface area contributed by atoms with Crippen LogP contribution in [-0.2, 0) is 9.53 Å². The molecule has 32 heavy (non-hydrogen) atoms. The maximum Gasteiger partial charge on any atom is 0.317 e. The maximum atomic E-state index is 13.5. The third-order valence-electron chi connectivity index (χ3n) is 6.04. The van der Waals surface area contributed by atoms with Gasteiger partial charge < -0.3 is 14.4 Å². The lowest BCUT2D eigenvalue weighted by molar-refractivity contribution is -0.158. The van der Waals surface area contributed by atoms with E-state index in [1.54, 1.807) is 11.5 Å². The number of hydrogen-bond acceptors (Lipinski definition) is 7. The summed E-state index contributed by atoms with van der Waals surface area (Å²) in [7, 11) is 5.31. The van der Waals surface area contributed by atoms with Crippen LogP contribution in [0.15, 0.2) is 58.3 Å². The Labute approximate surface area is 188 Å². The number of methoxy groups -OCH3 is 1. The molecule has 0 radical (unpaired) electrons. The fourth-order valence-corrected chi connectivity index (χ4v) is 5.55. The lowest BCUT2D eigenvalue weighted by Gasteiger charge is -2.44. The molecule has 3 atom stereocenters. The number of thiazole rings is 1. The Hall–Kier alpha value is -3.39. The monoisotopic (exact) mass is 449 g/mol. The molecular formula is C24H23N3O4S. The van der Waals surface area contributed by atoms with Crippen molar-refractivity contribution in [2.24, 2.45) is 10.9 Å². The molecule has 0 spiro atoms. The normalized spacial score (nSPS) is 23.4. The van der Waals surface area contributed by atoms with Crippen LogP contribution in [0.25, 0.3) is 6.08 Å². The van der Waals surface area contributed by atoms with Gasteiger partial charge in [-0.1, -0.05) is 41.7 Å². The SMILES string of the molecule is COC(=O)C1C2c3ccccc3O[C@]1(C)N=c1s/c(=C/c3ccc(N(C)C)cc3)c(=O)n12. The first kappa shape index (κ1) is 20.5. The van der Waals surface area contributed by atoms with Gasteiger partial charge >= 0.3 is 5.97 Å². The molecule has 7 nitrogen and oxygen atoms in total. The van der Waals surface area contributed by atoms with Crippen LogP contribution in [0.4, 0.5) is 5.69 Å². The molecule has 0 saturated heterocycles. The molecule has 2 aromatic carbocycles. The van der Waals surface area contributed by atoms with E-state index >= 15 is 0 Å². The number of hydrogen-bond donors (Lipinski definition) is 0. The molecule has 2 unspecified atom stereocenters. The zero-order chi connectivity index (χ0) is 22.6. The van der Waals surface area contributed by atoms with Crippen LogP contribution in [0.1, 0.15) is 24.1 Å². The van der Waals surface area contributed by atoms with Gasteiger partial charge in [-0.25, -0.2) is 4.99 Å². The van der Waals surface area contributed by atoms with Crippen molar-refractivity contribution in [3.8, 4) is 5.75 Å². The molecule has 0 amide bonds. The second-order valence-electron chi connectivity index (χ2n) is 8.31. The van der Waals surface area contributed by atoms with E-state index < -0.39 is 23.7 Å². The minimum absolute atomic E-state index is 0.178. The third-order valence-corrected chi connectivity index (χ3v) is 7.03. The second-order valence-corrected chi connectivity index (χ2v) is 9.32. The molecule has 0 fully saturated rings. The molecule has 2 aliphatic rings. The summed E-state index contributed by atoms with van der Waals surface area (Å²) in [6.07, 6.45) is 1.86. The Morgan fingerprint density at radius 3 is 2.62 bits per heavy atom. The second kappa shape index (κ2) is 7.34. The van der Waals surface area contributed by atoms with Gasteiger partial charge in [0.1, 0.15) is 11.7 Å². The molecule has 2 bridgehead atoms. The van der Waals surface area contributed by atoms with Crippen molar-refractivity contribution >= 4 is 29.1 Å². The zero-order valence-electron chi connectivity index (χ0n) is 18.2. The molecule has 5 rings (SSSR count). The highest BCUT2D eigenvalue weighted by molar-refractivity contribution is 7.07. The number of ether oxygens (including phenoxy) is 2. The first-order chi connectivity index (χ1) is 15.3. The third kappa shape index (κ3) is 3.05. The minimum Gasteiger partial charge on any atom is -0.469 e. The van der Waals surface area contributed by atoms with Gasteiger partial charge in [0, 0.05) is 25.3 Å². The van der Waals surface area contributed by atoms with Gasteiger partial charge in [0.15, 0.2) is 4.80 Å². The average molecular weight is 450 g/mol. The molecule has 0 aliphatic carbocycles. The summed E-state index contributed by atoms with van der Waals surface area (Å²) >= 11 is 1.30. The van der Waals surface area contributed by atoms with E-state index in [-0.39, 0.29) is 5.56 Å². The van der Waals surface area contributed by atoms with Gasteiger partial charge in [0.05, 0.1) is 17.7 Å². The summed E-state index contributed by atoms with van der Waals surface area (Å²) < 4.78 is 13.5. The number of carbonyl (C=O) groups is 1. The largest absolute Gasteiger partial charge is 0.469 e. The highest BCUT2D eigenvalue weighted by Gasteiger charge is 2.55. The van der Waals surface area contributed by atoms with E-state index in [9.17, 15) is 9.59 Å². The summed E-state index contributed by atoms with van der Waals surface area (Å²) in [6, 6.07) is 14.9. The van der Waals surface area contributed by atoms with Crippen LogP contribution >= 0.6 is 11.3 Å². The first-order valence-corrected chi connectivity index (χ1v) is 11.1. The highest BCUT2D eigenvalue weighted by Crippen LogP contribution is 2.47. The van der Waals surface area contributed by atoms with Gasteiger partial charge in [-0.15, -0.1) is 0 Å². The van der Waals surface area contributed by atoms with Crippen LogP contribution in [0.5, 0.6) is 5.75 Å². The number of rotatable bonds is 3. The molecule has 0 N–H and O–H groups in total. The van der Waals surface area contributed by atoms with E-state index in [0.717, 1.165) is 16.8 Å². The molecule has 2 aliphatic heterocycles. The number of nitrogens with zero attached hydrogens (tertiary/aromatic N) is 3. The van der Waals surface area contributed by atoms with Crippen molar-refractivity contribution in [2.75, 3.05) is 26.1 Å². The van der Waals surface area contributed by atoms with Crippen LogP contribution < -0.4 is 24.5 Å². The fourth-order valence-electron chi connectivity index (χ4n) is 4.45. The molecule has 3 heterocycles. The summed E-state index contributed by atoms with van der Waals surface area (Å²) in [4.78, 5) is 33.7. The van der Waals surface area contributed by atoms with Crippen molar-refractivity contribution in [3.63, 3.8) is 0 Å². The zero-order valence-corrected chi connectivity index (χ0v) is 19.1. The Morgan fingerprint density at radius 1 is 1.22 bits per heavy atom. The van der Waals surface area contributed by atoms with Crippen LogP contribution in [-0.4, -0.2) is 37.5 Å². The van der Waals surface area contributed by atoms with Crippen molar-refractivity contribution in [1.29, 1.82) is 0 Å². The van der Waals surface area contributed by atoms with Crippen LogP contribution in [0, 0.1) is 5.92 Å². The Morgan fingerprint density at radius 2 is 1.94 bits per heavy atom. The van der Waals surface area contributed by atoms with E-state index in [1.807, 2.05) is 73.6 Å². The number of benzene rings is 2. The maximum absolute atomic E-state index is 13.5. The summed E-state index contributed by atoms with van der Waals surface area (Å²) in [6.45, 7) is 1.77. The number of carbonyl (C=O) groups excluding carboxylic acids is 1. The van der Waals surface area contributed by atoms with Crippen molar-refractivity contribution in [2.45, 2.75) is 18.7 Å². The quantitative estimate of drug-likeness (QED) is 0.572. The summed E-state index contributed by atoms with van der Waals surface area (Å²) in [5.74, 6) is -0.601. The minimum atomic E-state index is -1.16. The first-order valence-electron chi connectivity index (χ1n) is 10.3. The number of para-hydroxylation sites is 1. The topological polar surface area (TPSA) is 73.1 Å². The van der Waals surface area contributed by atoms with Gasteiger partial charge in [-0.3, -0.25) is 14.2 Å². The van der Waals surface area contributed by atoms with Crippen molar-refractivity contribution < 1.29 is 14.3 Å². The number of anilines is 1.